The second-order valence-corrected chi connectivity index (χ2v) is 7.26. The highest BCUT2D eigenvalue weighted by atomic mass is 16.6. The van der Waals surface area contributed by atoms with Crippen molar-refractivity contribution in [1.29, 1.82) is 0 Å². The van der Waals surface area contributed by atoms with E-state index in [0.29, 0.717) is 23.8 Å². The lowest BCUT2D eigenvalue weighted by atomic mass is 9.98. The van der Waals surface area contributed by atoms with E-state index in [2.05, 4.69) is 10.5 Å². The van der Waals surface area contributed by atoms with Gasteiger partial charge in [0.1, 0.15) is 18.7 Å². The van der Waals surface area contributed by atoms with Gasteiger partial charge in [-0.15, -0.1) is 0 Å². The van der Waals surface area contributed by atoms with Gasteiger partial charge in [0.2, 0.25) is 0 Å². The zero-order valence-electron chi connectivity index (χ0n) is 18.4. The molecule has 0 bridgehead atoms. The lowest BCUT2D eigenvalue weighted by molar-refractivity contribution is 0.214. The molecule has 0 fully saturated rings. The SMILES string of the molecule is C/C=C(/C(C)=N\OC)c1ccc(O)c(-c2nc(NCC(N)CC)c3ccccc3n2)c1. The number of fused-ring (bicyclic) bond motifs is 1. The number of phenols is 1. The third-order valence-corrected chi connectivity index (χ3v) is 5.11. The van der Waals surface area contributed by atoms with Crippen LogP contribution in [-0.4, -0.2) is 40.5 Å². The molecule has 31 heavy (non-hydrogen) atoms. The summed E-state index contributed by atoms with van der Waals surface area (Å²) in [5.74, 6) is 1.23. The Kier molecular flexibility index (Phi) is 7.20. The van der Waals surface area contributed by atoms with Crippen LogP contribution in [0.25, 0.3) is 27.9 Å². The molecule has 1 aromatic heterocycles. The molecule has 0 saturated heterocycles. The number of nitrogens with one attached hydrogen (secondary N) is 1. The van der Waals surface area contributed by atoms with E-state index in [0.717, 1.165) is 34.2 Å². The van der Waals surface area contributed by atoms with E-state index in [1.54, 1.807) is 6.07 Å². The molecule has 7 nitrogen and oxygen atoms in total. The van der Waals surface area contributed by atoms with E-state index in [1.165, 1.54) is 7.11 Å². The summed E-state index contributed by atoms with van der Waals surface area (Å²) in [6.45, 7) is 6.45. The molecule has 3 aromatic rings. The number of para-hydroxylation sites is 1. The number of phenolic OH excluding ortho intramolecular Hbond substituents is 1. The van der Waals surface area contributed by atoms with E-state index in [4.69, 9.17) is 20.5 Å². The van der Waals surface area contributed by atoms with E-state index >= 15 is 0 Å². The molecule has 0 radical (unpaired) electrons. The number of hydrogen-bond donors (Lipinski definition) is 3. The van der Waals surface area contributed by atoms with Crippen molar-refractivity contribution >= 4 is 28.0 Å². The van der Waals surface area contributed by atoms with Crippen molar-refractivity contribution in [2.75, 3.05) is 19.0 Å². The molecule has 0 spiro atoms. The second-order valence-electron chi connectivity index (χ2n) is 7.26. The molecule has 0 aliphatic rings. The van der Waals surface area contributed by atoms with E-state index < -0.39 is 0 Å². The monoisotopic (exact) mass is 419 g/mol. The smallest absolute Gasteiger partial charge is 0.165 e. The van der Waals surface area contributed by atoms with Crippen molar-refractivity contribution in [1.82, 2.24) is 9.97 Å². The van der Waals surface area contributed by atoms with Gasteiger partial charge in [0.25, 0.3) is 0 Å². The number of benzene rings is 2. The van der Waals surface area contributed by atoms with Gasteiger partial charge in [-0.05, 0) is 50.1 Å². The fourth-order valence-corrected chi connectivity index (χ4v) is 3.36. The maximum absolute atomic E-state index is 10.6. The fourth-order valence-electron chi connectivity index (χ4n) is 3.36. The molecule has 0 aliphatic carbocycles. The van der Waals surface area contributed by atoms with Crippen LogP contribution in [0.5, 0.6) is 5.75 Å². The normalized spacial score (nSPS) is 13.3. The van der Waals surface area contributed by atoms with E-state index in [1.807, 2.05) is 63.2 Å². The van der Waals surface area contributed by atoms with Gasteiger partial charge in [-0.2, -0.15) is 0 Å². The molecule has 7 heteroatoms. The minimum Gasteiger partial charge on any atom is -0.507 e. The van der Waals surface area contributed by atoms with Crippen LogP contribution in [0.2, 0.25) is 0 Å². The standard InChI is InChI=1S/C24H29N5O2/c1-5-17(25)14-26-23-19-9-7-8-10-21(19)27-24(28-23)20-13-16(11-12-22(20)30)18(6-2)15(3)29-31-4/h6-13,17,30H,5,14,25H2,1-4H3,(H,26,27,28)/b18-6-,29-15-. The summed E-state index contributed by atoms with van der Waals surface area (Å²) < 4.78 is 0. The van der Waals surface area contributed by atoms with Crippen LogP contribution in [-0.2, 0) is 4.84 Å². The molecule has 4 N–H and O–H groups in total. The highest BCUT2D eigenvalue weighted by Crippen LogP contribution is 2.33. The van der Waals surface area contributed by atoms with Gasteiger partial charge < -0.3 is 21.0 Å². The lowest BCUT2D eigenvalue weighted by Gasteiger charge is -2.15. The first-order valence-electron chi connectivity index (χ1n) is 10.3. The number of nitrogens with two attached hydrogens (primary N) is 1. The second kappa shape index (κ2) is 10.0. The van der Waals surface area contributed by atoms with Crippen molar-refractivity contribution in [2.24, 2.45) is 10.9 Å². The van der Waals surface area contributed by atoms with E-state index in [9.17, 15) is 5.11 Å². The zero-order chi connectivity index (χ0) is 22.4. The maximum atomic E-state index is 10.6. The summed E-state index contributed by atoms with van der Waals surface area (Å²) in [5.41, 5.74) is 9.92. The van der Waals surface area contributed by atoms with Crippen molar-refractivity contribution in [2.45, 2.75) is 33.2 Å². The Morgan fingerprint density at radius 1 is 1.26 bits per heavy atom. The molecular formula is C24H29N5O2. The molecular weight excluding hydrogens is 390 g/mol. The molecule has 1 unspecified atom stereocenters. The number of allylic oxidation sites excluding steroid dienone is 2. The molecule has 1 heterocycles. The number of nitrogens with zero attached hydrogens (tertiary/aromatic N) is 3. The maximum Gasteiger partial charge on any atom is 0.165 e. The van der Waals surface area contributed by atoms with Gasteiger partial charge in [0, 0.05) is 23.5 Å². The zero-order valence-corrected chi connectivity index (χ0v) is 18.4. The number of oxime groups is 1. The molecule has 2 aromatic carbocycles. The number of anilines is 1. The molecule has 0 amide bonds. The third-order valence-electron chi connectivity index (χ3n) is 5.11. The van der Waals surface area contributed by atoms with Crippen molar-refractivity contribution in [3.63, 3.8) is 0 Å². The Hall–Kier alpha value is -3.45. The van der Waals surface area contributed by atoms with Crippen LogP contribution in [0.3, 0.4) is 0 Å². The van der Waals surface area contributed by atoms with Gasteiger partial charge >= 0.3 is 0 Å². The Balaban J connectivity index is 2.12. The van der Waals surface area contributed by atoms with Crippen LogP contribution < -0.4 is 11.1 Å². The van der Waals surface area contributed by atoms with E-state index in [-0.39, 0.29) is 11.8 Å². The summed E-state index contributed by atoms with van der Waals surface area (Å²) in [5, 5.41) is 18.9. The predicted molar refractivity (Wildman–Crippen MR) is 127 cm³/mol. The average Bonchev–Trinajstić information content (AvgIpc) is 2.78. The van der Waals surface area contributed by atoms with Crippen LogP contribution in [0.1, 0.15) is 32.8 Å². The topological polar surface area (TPSA) is 106 Å². The number of aromatic nitrogens is 2. The van der Waals surface area contributed by atoms with Crippen LogP contribution in [0.4, 0.5) is 5.82 Å². The van der Waals surface area contributed by atoms with Gasteiger partial charge in [0.15, 0.2) is 5.82 Å². The Labute approximate surface area is 182 Å². The molecule has 1 atom stereocenters. The van der Waals surface area contributed by atoms with Crippen LogP contribution in [0.15, 0.2) is 53.7 Å². The van der Waals surface area contributed by atoms with Gasteiger partial charge in [0.05, 0.1) is 16.8 Å². The molecule has 0 saturated carbocycles. The summed E-state index contributed by atoms with van der Waals surface area (Å²) in [6.07, 6.45) is 2.81. The first-order chi connectivity index (χ1) is 15.0. The molecule has 162 valence electrons. The summed E-state index contributed by atoms with van der Waals surface area (Å²) >= 11 is 0. The first kappa shape index (κ1) is 22.2. The summed E-state index contributed by atoms with van der Waals surface area (Å²) in [6, 6.07) is 13.1. The fraction of sp³-hybridized carbons (Fsp3) is 0.292. The Morgan fingerprint density at radius 2 is 2.03 bits per heavy atom. The Morgan fingerprint density at radius 3 is 2.74 bits per heavy atom. The number of aromatic hydroxyl groups is 1. The van der Waals surface area contributed by atoms with Gasteiger partial charge in [-0.1, -0.05) is 36.4 Å². The van der Waals surface area contributed by atoms with Crippen LogP contribution in [0, 0.1) is 0 Å². The minimum atomic E-state index is 0.0224. The summed E-state index contributed by atoms with van der Waals surface area (Å²) in [4.78, 5) is 14.4. The highest BCUT2D eigenvalue weighted by Gasteiger charge is 2.15. The third kappa shape index (κ3) is 5.00. The van der Waals surface area contributed by atoms with Crippen molar-refractivity contribution in [3.8, 4) is 17.1 Å². The number of hydrogen-bond acceptors (Lipinski definition) is 7. The number of rotatable bonds is 8. The Bertz CT molecular complexity index is 1120. The van der Waals surface area contributed by atoms with Gasteiger partial charge in [-0.25, -0.2) is 9.97 Å². The highest BCUT2D eigenvalue weighted by molar-refractivity contribution is 6.22. The lowest BCUT2D eigenvalue weighted by Crippen LogP contribution is -2.28. The minimum absolute atomic E-state index is 0.0224. The van der Waals surface area contributed by atoms with Crippen molar-refractivity contribution in [3.05, 3.63) is 54.1 Å². The molecule has 0 aliphatic heterocycles. The predicted octanol–water partition coefficient (Wildman–Crippen LogP) is 4.58. The van der Waals surface area contributed by atoms with Crippen molar-refractivity contribution < 1.29 is 9.94 Å². The largest absolute Gasteiger partial charge is 0.507 e. The van der Waals surface area contributed by atoms with Gasteiger partial charge in [-0.3, -0.25) is 0 Å². The molecule has 3 rings (SSSR count). The van der Waals surface area contributed by atoms with Crippen LogP contribution >= 0.6 is 0 Å². The first-order valence-corrected chi connectivity index (χ1v) is 10.3. The summed E-state index contributed by atoms with van der Waals surface area (Å²) in [7, 11) is 1.51. The quantitative estimate of drug-likeness (QED) is 0.365. The average molecular weight is 420 g/mol.